The van der Waals surface area contributed by atoms with E-state index in [2.05, 4.69) is 0 Å². The Bertz CT molecular complexity index is 380. The molecule has 0 bridgehead atoms. The van der Waals surface area contributed by atoms with Crippen LogP contribution in [0.5, 0.6) is 5.75 Å². The maximum Gasteiger partial charge on any atom is 0.130 e. The molecule has 15 heavy (non-hydrogen) atoms. The van der Waals surface area contributed by atoms with Gasteiger partial charge in [0.2, 0.25) is 0 Å². The van der Waals surface area contributed by atoms with Crippen molar-refractivity contribution >= 4 is 0 Å². The third kappa shape index (κ3) is 2.12. The van der Waals surface area contributed by atoms with Crippen LogP contribution in [0.3, 0.4) is 0 Å². The fraction of sp³-hybridized carbons (Fsp3) is 0.500. The van der Waals surface area contributed by atoms with Crippen molar-refractivity contribution in [1.29, 1.82) is 0 Å². The fourth-order valence-corrected chi connectivity index (χ4v) is 1.83. The van der Waals surface area contributed by atoms with Crippen molar-refractivity contribution in [1.82, 2.24) is 0 Å². The summed E-state index contributed by atoms with van der Waals surface area (Å²) in [6.07, 6.45) is 0. The lowest BCUT2D eigenvalue weighted by Gasteiger charge is -2.24. The minimum absolute atomic E-state index is 0.272. The molecular formula is C12H18FNO. The summed E-state index contributed by atoms with van der Waals surface area (Å²) in [5, 5.41) is 0. The Balaban J connectivity index is 3.51. The van der Waals surface area contributed by atoms with Crippen molar-refractivity contribution in [2.75, 3.05) is 7.11 Å². The molecule has 2 nitrogen and oxygen atoms in total. The molecule has 1 aromatic rings. The van der Waals surface area contributed by atoms with Crippen molar-refractivity contribution in [3.8, 4) is 5.75 Å². The van der Waals surface area contributed by atoms with Gasteiger partial charge in [-0.15, -0.1) is 0 Å². The Labute approximate surface area is 90.2 Å². The van der Waals surface area contributed by atoms with Crippen LogP contribution in [0, 0.1) is 19.7 Å². The molecule has 0 heterocycles. The van der Waals surface area contributed by atoms with Crippen LogP contribution < -0.4 is 10.5 Å². The number of ether oxygens (including phenoxy) is 1. The van der Waals surface area contributed by atoms with Crippen LogP contribution in [0.1, 0.15) is 30.5 Å². The van der Waals surface area contributed by atoms with Gasteiger partial charge in [-0.2, -0.15) is 0 Å². The molecule has 0 fully saturated rings. The Morgan fingerprint density at radius 3 is 2.20 bits per heavy atom. The highest BCUT2D eigenvalue weighted by Gasteiger charge is 2.22. The lowest BCUT2D eigenvalue weighted by atomic mass is 9.89. The summed E-state index contributed by atoms with van der Waals surface area (Å²) in [6, 6.07) is 1.49. The highest BCUT2D eigenvalue weighted by Crippen LogP contribution is 2.32. The predicted octanol–water partition coefficient (Wildman–Crippen LogP) is 2.64. The van der Waals surface area contributed by atoms with Gasteiger partial charge >= 0.3 is 0 Å². The number of hydrogen-bond acceptors (Lipinski definition) is 2. The lowest BCUT2D eigenvalue weighted by molar-refractivity contribution is 0.400. The van der Waals surface area contributed by atoms with Crippen LogP contribution in [0.4, 0.5) is 4.39 Å². The van der Waals surface area contributed by atoms with Crippen LogP contribution in [-0.4, -0.2) is 7.11 Å². The molecule has 0 atom stereocenters. The molecule has 0 aromatic heterocycles. The molecule has 0 aliphatic rings. The van der Waals surface area contributed by atoms with E-state index in [1.807, 2.05) is 20.8 Å². The van der Waals surface area contributed by atoms with E-state index >= 15 is 0 Å². The summed E-state index contributed by atoms with van der Waals surface area (Å²) in [6.45, 7) is 7.30. The van der Waals surface area contributed by atoms with E-state index in [-0.39, 0.29) is 5.82 Å². The topological polar surface area (TPSA) is 35.2 Å². The molecule has 84 valence electrons. The van der Waals surface area contributed by atoms with Gasteiger partial charge < -0.3 is 10.5 Å². The number of halogens is 1. The molecule has 0 saturated carbocycles. The zero-order valence-corrected chi connectivity index (χ0v) is 9.94. The molecule has 3 heteroatoms. The molecule has 0 radical (unpaired) electrons. The number of hydrogen-bond donors (Lipinski definition) is 1. The molecule has 0 spiro atoms. The molecule has 0 aliphatic carbocycles. The minimum Gasteiger partial charge on any atom is -0.496 e. The first-order valence-electron chi connectivity index (χ1n) is 4.92. The SMILES string of the molecule is COc1c(C)c(F)cc(C(C)(C)N)c1C. The zero-order valence-electron chi connectivity index (χ0n) is 9.94. The van der Waals surface area contributed by atoms with E-state index in [0.29, 0.717) is 11.3 Å². The average molecular weight is 211 g/mol. The van der Waals surface area contributed by atoms with Crippen molar-refractivity contribution in [2.24, 2.45) is 5.73 Å². The summed E-state index contributed by atoms with van der Waals surface area (Å²) in [7, 11) is 1.54. The molecule has 1 rings (SSSR count). The van der Waals surface area contributed by atoms with E-state index in [1.165, 1.54) is 6.07 Å². The second kappa shape index (κ2) is 3.81. The van der Waals surface area contributed by atoms with Crippen molar-refractivity contribution in [3.63, 3.8) is 0 Å². The largest absolute Gasteiger partial charge is 0.496 e. The minimum atomic E-state index is -0.564. The summed E-state index contributed by atoms with van der Waals surface area (Å²) in [5.41, 5.74) is 7.63. The molecule has 0 amide bonds. The van der Waals surface area contributed by atoms with Gasteiger partial charge in [0, 0.05) is 11.1 Å². The lowest BCUT2D eigenvalue weighted by Crippen LogP contribution is -2.30. The van der Waals surface area contributed by atoms with Crippen LogP contribution in [0.2, 0.25) is 0 Å². The van der Waals surface area contributed by atoms with Gasteiger partial charge in [0.1, 0.15) is 11.6 Å². The van der Waals surface area contributed by atoms with E-state index in [9.17, 15) is 4.39 Å². The Hall–Kier alpha value is -1.09. The monoisotopic (exact) mass is 211 g/mol. The first kappa shape index (κ1) is 12.0. The Morgan fingerprint density at radius 2 is 1.80 bits per heavy atom. The Kier molecular flexibility index (Phi) is 3.05. The van der Waals surface area contributed by atoms with E-state index in [0.717, 1.165) is 11.1 Å². The predicted molar refractivity (Wildman–Crippen MR) is 59.6 cm³/mol. The first-order chi connectivity index (χ1) is 6.79. The third-order valence-corrected chi connectivity index (χ3v) is 2.61. The fourth-order valence-electron chi connectivity index (χ4n) is 1.83. The normalized spacial score (nSPS) is 11.7. The number of rotatable bonds is 2. The van der Waals surface area contributed by atoms with Crippen molar-refractivity contribution in [3.05, 3.63) is 28.6 Å². The maximum absolute atomic E-state index is 13.6. The molecule has 2 N–H and O–H groups in total. The quantitative estimate of drug-likeness (QED) is 0.816. The van der Waals surface area contributed by atoms with Crippen molar-refractivity contribution in [2.45, 2.75) is 33.2 Å². The molecule has 0 saturated heterocycles. The van der Waals surface area contributed by atoms with Gasteiger partial charge in [0.25, 0.3) is 0 Å². The maximum atomic E-state index is 13.6. The average Bonchev–Trinajstić information content (AvgIpc) is 2.10. The standard InChI is InChI=1S/C12H18FNO/c1-7-9(12(3,4)14)6-10(13)8(2)11(7)15-5/h6H,14H2,1-5H3. The highest BCUT2D eigenvalue weighted by atomic mass is 19.1. The van der Waals surface area contributed by atoms with E-state index in [4.69, 9.17) is 10.5 Å². The highest BCUT2D eigenvalue weighted by molar-refractivity contribution is 5.48. The third-order valence-electron chi connectivity index (χ3n) is 2.61. The second-order valence-corrected chi connectivity index (χ2v) is 4.41. The summed E-state index contributed by atoms with van der Waals surface area (Å²) >= 11 is 0. The second-order valence-electron chi connectivity index (χ2n) is 4.41. The summed E-state index contributed by atoms with van der Waals surface area (Å²) in [4.78, 5) is 0. The van der Waals surface area contributed by atoms with E-state index in [1.54, 1.807) is 14.0 Å². The van der Waals surface area contributed by atoms with Gasteiger partial charge in [-0.1, -0.05) is 0 Å². The van der Waals surface area contributed by atoms with Crippen LogP contribution >= 0.6 is 0 Å². The number of methoxy groups -OCH3 is 1. The van der Waals surface area contributed by atoms with Gasteiger partial charge in [-0.25, -0.2) is 4.39 Å². The van der Waals surface area contributed by atoms with E-state index < -0.39 is 5.54 Å². The van der Waals surface area contributed by atoms with Crippen LogP contribution in [0.15, 0.2) is 6.07 Å². The summed E-state index contributed by atoms with van der Waals surface area (Å²) < 4.78 is 18.8. The summed E-state index contributed by atoms with van der Waals surface area (Å²) in [5.74, 6) is 0.314. The number of nitrogens with two attached hydrogens (primary N) is 1. The van der Waals surface area contributed by atoms with Gasteiger partial charge in [-0.3, -0.25) is 0 Å². The first-order valence-corrected chi connectivity index (χ1v) is 4.92. The van der Waals surface area contributed by atoms with Gasteiger partial charge in [0.15, 0.2) is 0 Å². The van der Waals surface area contributed by atoms with Crippen LogP contribution in [-0.2, 0) is 5.54 Å². The molecule has 0 aliphatic heterocycles. The zero-order chi connectivity index (χ0) is 11.8. The van der Waals surface area contributed by atoms with Gasteiger partial charge in [0.05, 0.1) is 7.11 Å². The molecule has 0 unspecified atom stereocenters. The Morgan fingerprint density at radius 1 is 1.27 bits per heavy atom. The molecular weight excluding hydrogens is 193 g/mol. The van der Waals surface area contributed by atoms with Crippen molar-refractivity contribution < 1.29 is 9.13 Å². The van der Waals surface area contributed by atoms with Crippen LogP contribution in [0.25, 0.3) is 0 Å². The smallest absolute Gasteiger partial charge is 0.130 e. The molecule has 1 aromatic carbocycles. The number of benzene rings is 1. The van der Waals surface area contributed by atoms with Gasteiger partial charge in [-0.05, 0) is 44.9 Å².